The van der Waals surface area contributed by atoms with Gasteiger partial charge in [0.25, 0.3) is 0 Å². The van der Waals surface area contributed by atoms with Gasteiger partial charge in [-0.3, -0.25) is 4.79 Å². The van der Waals surface area contributed by atoms with E-state index >= 15 is 0 Å². The molecular formula is C15H15NO. The van der Waals surface area contributed by atoms with Gasteiger partial charge in [0.2, 0.25) is 5.91 Å². The van der Waals surface area contributed by atoms with E-state index in [0.717, 1.165) is 5.56 Å². The lowest BCUT2D eigenvalue weighted by Crippen LogP contribution is -2.23. The molecule has 0 heterocycles. The summed E-state index contributed by atoms with van der Waals surface area (Å²) in [5.41, 5.74) is 1.13. The Labute approximate surface area is 101 Å². The average Bonchev–Trinajstić information content (AvgIpc) is 2.37. The number of hydrogen-bond acceptors (Lipinski definition) is 1. The predicted octanol–water partition coefficient (Wildman–Crippen LogP) is 2.98. The van der Waals surface area contributed by atoms with E-state index in [9.17, 15) is 4.79 Å². The zero-order chi connectivity index (χ0) is 12.3. The van der Waals surface area contributed by atoms with Gasteiger partial charge in [-0.1, -0.05) is 43.0 Å². The van der Waals surface area contributed by atoms with Crippen LogP contribution >= 0.6 is 0 Å². The van der Waals surface area contributed by atoms with Gasteiger partial charge in [0, 0.05) is 13.6 Å². The molecule has 0 fully saturated rings. The van der Waals surface area contributed by atoms with Crippen molar-refractivity contribution in [3.63, 3.8) is 0 Å². The molecule has 17 heavy (non-hydrogen) atoms. The summed E-state index contributed by atoms with van der Waals surface area (Å²) in [5.74, 6) is -0.0573. The molecular weight excluding hydrogens is 210 g/mol. The highest BCUT2D eigenvalue weighted by Crippen LogP contribution is 2.16. The van der Waals surface area contributed by atoms with Crippen LogP contribution < -0.4 is 0 Å². The third-order valence-electron chi connectivity index (χ3n) is 2.78. The van der Waals surface area contributed by atoms with Crippen LogP contribution in [0.15, 0.2) is 55.1 Å². The number of carbonyl (C=O) groups is 1. The topological polar surface area (TPSA) is 20.3 Å². The van der Waals surface area contributed by atoms with Crippen LogP contribution in [-0.4, -0.2) is 17.9 Å². The highest BCUT2D eigenvalue weighted by molar-refractivity contribution is 5.87. The quantitative estimate of drug-likeness (QED) is 0.735. The van der Waals surface area contributed by atoms with Crippen LogP contribution in [0.4, 0.5) is 0 Å². The molecule has 0 aliphatic heterocycles. The second-order valence-corrected chi connectivity index (χ2v) is 4.08. The van der Waals surface area contributed by atoms with Crippen molar-refractivity contribution in [1.82, 2.24) is 4.90 Å². The number of carbonyl (C=O) groups excluding carboxylic acids is 1. The standard InChI is InChI=1S/C15H15NO/c1-3-15(17)16(2)11-12-8-9-13-6-4-5-7-14(13)10-12/h3-10H,1,11H2,2H3. The largest absolute Gasteiger partial charge is 0.338 e. The number of amides is 1. The lowest BCUT2D eigenvalue weighted by Gasteiger charge is -2.15. The van der Waals surface area contributed by atoms with Gasteiger partial charge in [-0.25, -0.2) is 0 Å². The van der Waals surface area contributed by atoms with Crippen molar-refractivity contribution in [3.8, 4) is 0 Å². The lowest BCUT2D eigenvalue weighted by molar-refractivity contribution is -0.125. The molecule has 0 aliphatic carbocycles. The van der Waals surface area contributed by atoms with Crippen molar-refractivity contribution in [3.05, 3.63) is 60.7 Å². The summed E-state index contributed by atoms with van der Waals surface area (Å²) in [6, 6.07) is 14.4. The van der Waals surface area contributed by atoms with Gasteiger partial charge in [0.05, 0.1) is 0 Å². The predicted molar refractivity (Wildman–Crippen MR) is 70.6 cm³/mol. The Morgan fingerprint density at radius 2 is 1.94 bits per heavy atom. The molecule has 2 nitrogen and oxygen atoms in total. The van der Waals surface area contributed by atoms with Crippen molar-refractivity contribution in [2.45, 2.75) is 6.54 Å². The highest BCUT2D eigenvalue weighted by atomic mass is 16.2. The minimum atomic E-state index is -0.0573. The molecule has 0 aliphatic rings. The first-order chi connectivity index (χ1) is 8.20. The molecule has 0 atom stereocenters. The van der Waals surface area contributed by atoms with E-state index in [1.807, 2.05) is 12.1 Å². The van der Waals surface area contributed by atoms with Crippen LogP contribution in [0.2, 0.25) is 0 Å². The Morgan fingerprint density at radius 1 is 1.24 bits per heavy atom. The summed E-state index contributed by atoms with van der Waals surface area (Å²) < 4.78 is 0. The maximum Gasteiger partial charge on any atom is 0.245 e. The van der Waals surface area contributed by atoms with E-state index in [0.29, 0.717) is 6.54 Å². The van der Waals surface area contributed by atoms with E-state index in [2.05, 4.69) is 36.9 Å². The zero-order valence-corrected chi connectivity index (χ0v) is 9.89. The maximum absolute atomic E-state index is 11.4. The van der Waals surface area contributed by atoms with Gasteiger partial charge in [-0.15, -0.1) is 0 Å². The monoisotopic (exact) mass is 225 g/mol. The number of hydrogen-bond donors (Lipinski definition) is 0. The Kier molecular flexibility index (Phi) is 3.24. The van der Waals surface area contributed by atoms with E-state index < -0.39 is 0 Å². The van der Waals surface area contributed by atoms with Crippen molar-refractivity contribution in [2.75, 3.05) is 7.05 Å². The molecule has 0 saturated heterocycles. The summed E-state index contributed by atoms with van der Waals surface area (Å²) in [5, 5.41) is 2.42. The van der Waals surface area contributed by atoms with Gasteiger partial charge >= 0.3 is 0 Å². The Balaban J connectivity index is 2.25. The van der Waals surface area contributed by atoms with Crippen LogP contribution in [0.3, 0.4) is 0 Å². The van der Waals surface area contributed by atoms with Crippen molar-refractivity contribution >= 4 is 16.7 Å². The van der Waals surface area contributed by atoms with Crippen LogP contribution in [0, 0.1) is 0 Å². The second kappa shape index (κ2) is 4.83. The molecule has 0 spiro atoms. The fourth-order valence-corrected chi connectivity index (χ4v) is 1.84. The van der Waals surface area contributed by atoms with Crippen LogP contribution in [0.25, 0.3) is 10.8 Å². The molecule has 86 valence electrons. The number of rotatable bonds is 3. The summed E-state index contributed by atoms with van der Waals surface area (Å²) in [6.07, 6.45) is 1.33. The van der Waals surface area contributed by atoms with Crippen LogP contribution in [-0.2, 0) is 11.3 Å². The molecule has 2 heteroatoms. The molecule has 0 saturated carbocycles. The first kappa shape index (κ1) is 11.4. The minimum absolute atomic E-state index is 0.0573. The summed E-state index contributed by atoms with van der Waals surface area (Å²) in [4.78, 5) is 13.0. The molecule has 2 aromatic carbocycles. The lowest BCUT2D eigenvalue weighted by atomic mass is 10.1. The van der Waals surface area contributed by atoms with Gasteiger partial charge in [-0.05, 0) is 28.5 Å². The third-order valence-corrected chi connectivity index (χ3v) is 2.78. The molecule has 0 unspecified atom stereocenters. The smallest absolute Gasteiger partial charge is 0.245 e. The molecule has 0 N–H and O–H groups in total. The molecule has 0 radical (unpaired) electrons. The SMILES string of the molecule is C=CC(=O)N(C)Cc1ccc2ccccc2c1. The van der Waals surface area contributed by atoms with Crippen LogP contribution in [0.1, 0.15) is 5.56 Å². The summed E-state index contributed by atoms with van der Waals surface area (Å²) in [7, 11) is 1.78. The minimum Gasteiger partial charge on any atom is -0.338 e. The molecule has 2 aromatic rings. The van der Waals surface area contributed by atoms with E-state index in [1.54, 1.807) is 11.9 Å². The second-order valence-electron chi connectivity index (χ2n) is 4.08. The molecule has 0 aromatic heterocycles. The number of benzene rings is 2. The average molecular weight is 225 g/mol. The molecule has 0 bridgehead atoms. The molecule has 1 amide bonds. The van der Waals surface area contributed by atoms with Gasteiger partial charge in [0.15, 0.2) is 0 Å². The third kappa shape index (κ3) is 2.53. The first-order valence-corrected chi connectivity index (χ1v) is 5.56. The Hall–Kier alpha value is -2.09. The number of fused-ring (bicyclic) bond motifs is 1. The zero-order valence-electron chi connectivity index (χ0n) is 9.89. The highest BCUT2D eigenvalue weighted by Gasteiger charge is 2.05. The van der Waals surface area contributed by atoms with E-state index in [4.69, 9.17) is 0 Å². The fourth-order valence-electron chi connectivity index (χ4n) is 1.84. The Bertz CT molecular complexity index is 560. The van der Waals surface area contributed by atoms with Crippen LogP contribution in [0.5, 0.6) is 0 Å². The fraction of sp³-hybridized carbons (Fsp3) is 0.133. The van der Waals surface area contributed by atoms with Crippen molar-refractivity contribution < 1.29 is 4.79 Å². The van der Waals surface area contributed by atoms with Gasteiger partial charge < -0.3 is 4.90 Å². The number of nitrogens with zero attached hydrogens (tertiary/aromatic N) is 1. The maximum atomic E-state index is 11.4. The molecule has 2 rings (SSSR count). The number of likely N-dealkylation sites (N-methyl/N-ethyl adjacent to an activating group) is 1. The normalized spacial score (nSPS) is 10.2. The first-order valence-electron chi connectivity index (χ1n) is 5.56. The Morgan fingerprint density at radius 3 is 2.65 bits per heavy atom. The van der Waals surface area contributed by atoms with Crippen molar-refractivity contribution in [1.29, 1.82) is 0 Å². The van der Waals surface area contributed by atoms with Gasteiger partial charge in [0.1, 0.15) is 0 Å². The van der Waals surface area contributed by atoms with E-state index in [-0.39, 0.29) is 5.91 Å². The van der Waals surface area contributed by atoms with Gasteiger partial charge in [-0.2, -0.15) is 0 Å². The van der Waals surface area contributed by atoms with Crippen molar-refractivity contribution in [2.24, 2.45) is 0 Å². The summed E-state index contributed by atoms with van der Waals surface area (Å²) >= 11 is 0. The summed E-state index contributed by atoms with van der Waals surface area (Å²) in [6.45, 7) is 4.09. The van der Waals surface area contributed by atoms with E-state index in [1.165, 1.54) is 16.8 Å².